The van der Waals surface area contributed by atoms with Crippen LogP contribution in [-0.4, -0.2) is 14.5 Å². The highest BCUT2D eigenvalue weighted by molar-refractivity contribution is 6.99. The molecule has 0 fully saturated rings. The Hall–Kier alpha value is -1.55. The maximum Gasteiger partial charge on any atom is 0.188 e. The van der Waals surface area contributed by atoms with Crippen LogP contribution < -0.4 is 0 Å². The minimum Gasteiger partial charge on any atom is -0.292 e. The van der Waals surface area contributed by atoms with Gasteiger partial charge in [-0.1, -0.05) is 38.1 Å². The molecule has 0 aliphatic carbocycles. The molecule has 0 amide bonds. The normalized spacial score (nSPS) is 10.8. The van der Waals surface area contributed by atoms with Crippen molar-refractivity contribution >= 4 is 17.5 Å². The molecule has 4 heteroatoms. The van der Waals surface area contributed by atoms with Crippen molar-refractivity contribution in [3.63, 3.8) is 0 Å². The van der Waals surface area contributed by atoms with Crippen LogP contribution in [0.3, 0.4) is 0 Å². The second kappa shape index (κ2) is 5.19. The van der Waals surface area contributed by atoms with Crippen LogP contribution in [0.4, 0.5) is 0 Å². The average molecular weight is 246 g/mol. The molecule has 0 saturated heterocycles. The summed E-state index contributed by atoms with van der Waals surface area (Å²) in [6.07, 6.45) is 1.92. The number of benzene rings is 1. The summed E-state index contributed by atoms with van der Waals surface area (Å²) in [7, 11) is 0. The standard InChI is InChI=1S/C13H14N2OS/c1-9(2)11-5-3-10(4-6-11)7-13(16)12-8-14-17-15-12/h3-6,8-9H,7H2,1-2H3. The Kier molecular flexibility index (Phi) is 3.64. The van der Waals surface area contributed by atoms with Gasteiger partial charge in [-0.2, -0.15) is 8.75 Å². The van der Waals surface area contributed by atoms with Crippen LogP contribution >= 0.6 is 11.7 Å². The Morgan fingerprint density at radius 1 is 1.29 bits per heavy atom. The summed E-state index contributed by atoms with van der Waals surface area (Å²) < 4.78 is 7.77. The van der Waals surface area contributed by atoms with Crippen molar-refractivity contribution in [3.05, 3.63) is 47.3 Å². The first-order valence-electron chi connectivity index (χ1n) is 5.56. The topological polar surface area (TPSA) is 42.9 Å². The number of hydrogen-bond acceptors (Lipinski definition) is 4. The molecule has 0 bridgehead atoms. The zero-order valence-corrected chi connectivity index (χ0v) is 10.7. The smallest absolute Gasteiger partial charge is 0.188 e. The number of aromatic nitrogens is 2. The van der Waals surface area contributed by atoms with Gasteiger partial charge in [0.25, 0.3) is 0 Å². The van der Waals surface area contributed by atoms with Gasteiger partial charge in [0.05, 0.1) is 17.9 Å². The van der Waals surface area contributed by atoms with Crippen LogP contribution in [0.5, 0.6) is 0 Å². The molecule has 0 saturated carbocycles. The highest BCUT2D eigenvalue weighted by Gasteiger charge is 2.09. The van der Waals surface area contributed by atoms with Gasteiger partial charge in [0.15, 0.2) is 5.78 Å². The first-order valence-corrected chi connectivity index (χ1v) is 6.29. The van der Waals surface area contributed by atoms with Crippen LogP contribution in [0, 0.1) is 0 Å². The lowest BCUT2D eigenvalue weighted by Gasteiger charge is -2.05. The first-order chi connectivity index (χ1) is 8.16. The third kappa shape index (κ3) is 2.97. The van der Waals surface area contributed by atoms with E-state index in [1.54, 1.807) is 0 Å². The molecular weight excluding hydrogens is 232 g/mol. The molecular formula is C13H14N2OS. The zero-order chi connectivity index (χ0) is 12.3. The van der Waals surface area contributed by atoms with Gasteiger partial charge in [0, 0.05) is 6.42 Å². The summed E-state index contributed by atoms with van der Waals surface area (Å²) in [5.74, 6) is 0.540. The van der Waals surface area contributed by atoms with Gasteiger partial charge in [-0.05, 0) is 17.0 Å². The second-order valence-corrected chi connectivity index (χ2v) is 4.85. The van der Waals surface area contributed by atoms with Gasteiger partial charge in [-0.25, -0.2) is 0 Å². The first kappa shape index (κ1) is 11.9. The van der Waals surface area contributed by atoms with Gasteiger partial charge in [0.2, 0.25) is 0 Å². The number of ketones is 1. The Bertz CT molecular complexity index is 489. The van der Waals surface area contributed by atoms with E-state index in [4.69, 9.17) is 0 Å². The Balaban J connectivity index is 2.07. The third-order valence-electron chi connectivity index (χ3n) is 2.66. The quantitative estimate of drug-likeness (QED) is 0.778. The predicted octanol–water partition coefficient (Wildman–Crippen LogP) is 3.09. The van der Waals surface area contributed by atoms with E-state index in [0.29, 0.717) is 18.0 Å². The van der Waals surface area contributed by atoms with E-state index in [1.165, 1.54) is 11.8 Å². The van der Waals surface area contributed by atoms with E-state index in [2.05, 4.69) is 34.7 Å². The van der Waals surface area contributed by atoms with Crippen molar-refractivity contribution in [2.45, 2.75) is 26.2 Å². The highest BCUT2D eigenvalue weighted by atomic mass is 32.1. The molecule has 1 aromatic carbocycles. The maximum atomic E-state index is 11.8. The third-order valence-corrected chi connectivity index (χ3v) is 3.14. The minimum atomic E-state index is 0.0241. The molecule has 0 atom stereocenters. The Morgan fingerprint density at radius 3 is 2.53 bits per heavy atom. The number of Topliss-reactive ketones (excluding diaryl/α,β-unsaturated/α-hetero) is 1. The molecule has 0 aliphatic heterocycles. The van der Waals surface area contributed by atoms with Crippen molar-refractivity contribution in [3.8, 4) is 0 Å². The molecule has 2 aromatic rings. The number of rotatable bonds is 4. The molecule has 17 heavy (non-hydrogen) atoms. The summed E-state index contributed by atoms with van der Waals surface area (Å²) in [4.78, 5) is 11.8. The fourth-order valence-corrected chi connectivity index (χ4v) is 2.01. The molecule has 0 aliphatic rings. The van der Waals surface area contributed by atoms with Crippen LogP contribution in [0.25, 0.3) is 0 Å². The van der Waals surface area contributed by atoms with E-state index < -0.39 is 0 Å². The second-order valence-electron chi connectivity index (χ2n) is 4.29. The van der Waals surface area contributed by atoms with Crippen molar-refractivity contribution in [1.29, 1.82) is 0 Å². The molecule has 0 radical (unpaired) electrons. The van der Waals surface area contributed by atoms with E-state index in [9.17, 15) is 4.79 Å². The van der Waals surface area contributed by atoms with E-state index in [1.807, 2.05) is 12.1 Å². The fourth-order valence-electron chi connectivity index (χ4n) is 1.58. The van der Waals surface area contributed by atoms with Crippen LogP contribution in [0.15, 0.2) is 30.5 Å². The van der Waals surface area contributed by atoms with E-state index in [0.717, 1.165) is 17.3 Å². The van der Waals surface area contributed by atoms with Crippen molar-refractivity contribution in [1.82, 2.24) is 8.75 Å². The van der Waals surface area contributed by atoms with E-state index in [-0.39, 0.29) is 5.78 Å². The average Bonchev–Trinajstić information content (AvgIpc) is 2.83. The molecule has 88 valence electrons. The van der Waals surface area contributed by atoms with Crippen LogP contribution in [0.1, 0.15) is 41.4 Å². The van der Waals surface area contributed by atoms with Crippen LogP contribution in [-0.2, 0) is 6.42 Å². The molecule has 1 aromatic heterocycles. The van der Waals surface area contributed by atoms with Gasteiger partial charge in [-0.3, -0.25) is 4.79 Å². The van der Waals surface area contributed by atoms with Crippen LogP contribution in [0.2, 0.25) is 0 Å². The lowest BCUT2D eigenvalue weighted by molar-refractivity contribution is 0.0989. The number of nitrogens with zero attached hydrogens (tertiary/aromatic N) is 2. The Labute approximate surface area is 105 Å². The highest BCUT2D eigenvalue weighted by Crippen LogP contribution is 2.15. The van der Waals surface area contributed by atoms with Gasteiger partial charge >= 0.3 is 0 Å². The molecule has 0 spiro atoms. The summed E-state index contributed by atoms with van der Waals surface area (Å²) in [6, 6.07) is 8.17. The van der Waals surface area contributed by atoms with Gasteiger partial charge < -0.3 is 0 Å². The number of hydrogen-bond donors (Lipinski definition) is 0. The molecule has 1 heterocycles. The SMILES string of the molecule is CC(C)c1ccc(CC(=O)c2cnsn2)cc1. The summed E-state index contributed by atoms with van der Waals surface area (Å²) in [5.41, 5.74) is 2.77. The van der Waals surface area contributed by atoms with Gasteiger partial charge in [-0.15, -0.1) is 0 Å². The largest absolute Gasteiger partial charge is 0.292 e. The lowest BCUT2D eigenvalue weighted by atomic mass is 10.00. The molecule has 3 nitrogen and oxygen atoms in total. The minimum absolute atomic E-state index is 0.0241. The van der Waals surface area contributed by atoms with Crippen molar-refractivity contribution < 1.29 is 4.79 Å². The molecule has 0 unspecified atom stereocenters. The maximum absolute atomic E-state index is 11.8. The summed E-state index contributed by atoms with van der Waals surface area (Å²) in [6.45, 7) is 4.31. The number of carbonyl (C=O) groups excluding carboxylic acids is 1. The summed E-state index contributed by atoms with van der Waals surface area (Å²) >= 11 is 1.06. The van der Waals surface area contributed by atoms with E-state index >= 15 is 0 Å². The summed E-state index contributed by atoms with van der Waals surface area (Å²) in [5, 5.41) is 0. The predicted molar refractivity (Wildman–Crippen MR) is 68.5 cm³/mol. The lowest BCUT2D eigenvalue weighted by Crippen LogP contribution is -2.03. The number of carbonyl (C=O) groups is 1. The Morgan fingerprint density at radius 2 is 2.00 bits per heavy atom. The molecule has 0 N–H and O–H groups in total. The van der Waals surface area contributed by atoms with Gasteiger partial charge in [0.1, 0.15) is 5.69 Å². The monoisotopic (exact) mass is 246 g/mol. The fraction of sp³-hybridized carbons (Fsp3) is 0.308. The van der Waals surface area contributed by atoms with Crippen molar-refractivity contribution in [2.24, 2.45) is 0 Å². The zero-order valence-electron chi connectivity index (χ0n) is 9.88. The van der Waals surface area contributed by atoms with Crippen molar-refractivity contribution in [2.75, 3.05) is 0 Å². The molecule has 2 rings (SSSR count).